The van der Waals surface area contributed by atoms with E-state index in [0.29, 0.717) is 0 Å². The molecular weight excluding hydrogens is 322 g/mol. The Morgan fingerprint density at radius 1 is 1.25 bits per heavy atom. The van der Waals surface area contributed by atoms with Crippen LogP contribution in [0.15, 0.2) is 40.9 Å². The number of rotatable bonds is 4. The van der Waals surface area contributed by atoms with E-state index in [4.69, 9.17) is 5.11 Å². The first-order valence-corrected chi connectivity index (χ1v) is 6.94. The first-order valence-electron chi connectivity index (χ1n) is 6.15. The van der Waals surface area contributed by atoms with Gasteiger partial charge in [0.2, 0.25) is 5.91 Å². The summed E-state index contributed by atoms with van der Waals surface area (Å²) in [5.74, 6) is -1.39. The van der Waals surface area contributed by atoms with Gasteiger partial charge in [0.25, 0.3) is 0 Å². The van der Waals surface area contributed by atoms with Gasteiger partial charge in [-0.15, -0.1) is 0 Å². The second-order valence-corrected chi connectivity index (χ2v) is 5.35. The molecule has 2 aromatic rings. The molecule has 0 aliphatic heterocycles. The Balaban J connectivity index is 2.35. The Labute approximate surface area is 124 Å². The average Bonchev–Trinajstić information content (AvgIpc) is 2.40. The van der Waals surface area contributed by atoms with E-state index >= 15 is 0 Å². The molecule has 1 atom stereocenters. The van der Waals surface area contributed by atoms with E-state index < -0.39 is 12.0 Å². The average molecular weight is 336 g/mol. The highest BCUT2D eigenvalue weighted by Gasteiger charge is 2.20. The topological polar surface area (TPSA) is 66.4 Å². The molecule has 5 heteroatoms. The highest BCUT2D eigenvalue weighted by molar-refractivity contribution is 9.10. The quantitative estimate of drug-likeness (QED) is 0.902. The molecular formula is C15H14BrNO3. The number of hydrogen-bond acceptors (Lipinski definition) is 2. The molecule has 0 spiro atoms. The van der Waals surface area contributed by atoms with Gasteiger partial charge in [0.05, 0.1) is 0 Å². The molecule has 0 unspecified atom stereocenters. The number of nitrogens with one attached hydrogen (secondary N) is 1. The van der Waals surface area contributed by atoms with Gasteiger partial charge in [0.1, 0.15) is 6.04 Å². The summed E-state index contributed by atoms with van der Waals surface area (Å²) in [6, 6.07) is 10.7. The zero-order valence-electron chi connectivity index (χ0n) is 10.9. The lowest BCUT2D eigenvalue weighted by Gasteiger charge is -2.15. The van der Waals surface area contributed by atoms with E-state index in [9.17, 15) is 9.59 Å². The summed E-state index contributed by atoms with van der Waals surface area (Å²) in [5, 5.41) is 13.7. The molecule has 4 nitrogen and oxygen atoms in total. The van der Waals surface area contributed by atoms with Crippen molar-refractivity contribution in [1.29, 1.82) is 0 Å². The van der Waals surface area contributed by atoms with Crippen LogP contribution < -0.4 is 5.32 Å². The van der Waals surface area contributed by atoms with Crippen molar-refractivity contribution in [3.05, 3.63) is 46.4 Å². The van der Waals surface area contributed by atoms with Gasteiger partial charge in [-0.2, -0.15) is 0 Å². The van der Waals surface area contributed by atoms with Crippen LogP contribution in [0.4, 0.5) is 0 Å². The molecule has 0 fully saturated rings. The number of carboxylic acids is 1. The van der Waals surface area contributed by atoms with Crippen LogP contribution in [-0.4, -0.2) is 23.0 Å². The van der Waals surface area contributed by atoms with E-state index in [0.717, 1.165) is 20.8 Å². The summed E-state index contributed by atoms with van der Waals surface area (Å²) >= 11 is 3.52. The molecule has 0 saturated carbocycles. The Bertz CT molecular complexity index is 669. The number of carboxylic acid groups (broad SMARTS) is 1. The zero-order chi connectivity index (χ0) is 14.7. The minimum Gasteiger partial charge on any atom is -0.480 e. The van der Waals surface area contributed by atoms with Crippen molar-refractivity contribution >= 4 is 38.6 Å². The highest BCUT2D eigenvalue weighted by Crippen LogP contribution is 2.28. The first kappa shape index (κ1) is 14.5. The molecule has 2 rings (SSSR count). The normalized spacial score (nSPS) is 12.1. The lowest BCUT2D eigenvalue weighted by atomic mass is 10.0. The Morgan fingerprint density at radius 2 is 1.95 bits per heavy atom. The van der Waals surface area contributed by atoms with Crippen LogP contribution >= 0.6 is 15.9 Å². The summed E-state index contributed by atoms with van der Waals surface area (Å²) in [6.45, 7) is 1.31. The van der Waals surface area contributed by atoms with Gasteiger partial charge in [0, 0.05) is 17.8 Å². The maximum absolute atomic E-state index is 11.2. The summed E-state index contributed by atoms with van der Waals surface area (Å²) in [7, 11) is 0. The van der Waals surface area contributed by atoms with Crippen LogP contribution in [0, 0.1) is 0 Å². The van der Waals surface area contributed by atoms with Crippen molar-refractivity contribution in [2.45, 2.75) is 19.4 Å². The summed E-state index contributed by atoms with van der Waals surface area (Å²) < 4.78 is 0.868. The van der Waals surface area contributed by atoms with Gasteiger partial charge in [-0.25, -0.2) is 4.79 Å². The van der Waals surface area contributed by atoms with Gasteiger partial charge < -0.3 is 10.4 Å². The fraction of sp³-hybridized carbons (Fsp3) is 0.200. The Morgan fingerprint density at radius 3 is 2.60 bits per heavy atom. The van der Waals surface area contributed by atoms with Crippen LogP contribution in [0.1, 0.15) is 12.5 Å². The molecule has 0 radical (unpaired) electrons. The fourth-order valence-electron chi connectivity index (χ4n) is 2.10. The largest absolute Gasteiger partial charge is 0.480 e. The van der Waals surface area contributed by atoms with Gasteiger partial charge in [0.15, 0.2) is 0 Å². The monoisotopic (exact) mass is 335 g/mol. The molecule has 2 N–H and O–H groups in total. The number of hydrogen-bond donors (Lipinski definition) is 2. The second-order valence-electron chi connectivity index (χ2n) is 4.56. The second kappa shape index (κ2) is 6.05. The molecule has 2 aromatic carbocycles. The number of carbonyl (C=O) groups is 2. The molecule has 0 aliphatic rings. The summed E-state index contributed by atoms with van der Waals surface area (Å²) in [4.78, 5) is 22.2. The number of aliphatic carboxylic acids is 1. The highest BCUT2D eigenvalue weighted by atomic mass is 79.9. The fourth-order valence-corrected chi connectivity index (χ4v) is 2.76. The molecule has 0 aliphatic carbocycles. The van der Waals surface area contributed by atoms with E-state index in [1.54, 1.807) is 0 Å². The van der Waals surface area contributed by atoms with Crippen LogP contribution in [0.5, 0.6) is 0 Å². The molecule has 0 saturated heterocycles. The predicted molar refractivity (Wildman–Crippen MR) is 80.6 cm³/mol. The molecule has 20 heavy (non-hydrogen) atoms. The molecule has 0 aromatic heterocycles. The van der Waals surface area contributed by atoms with Crippen molar-refractivity contribution in [1.82, 2.24) is 5.32 Å². The van der Waals surface area contributed by atoms with Crippen LogP contribution in [0.25, 0.3) is 10.8 Å². The number of halogens is 1. The molecule has 1 amide bonds. The van der Waals surface area contributed by atoms with E-state index in [1.807, 2.05) is 36.4 Å². The van der Waals surface area contributed by atoms with Crippen molar-refractivity contribution in [2.75, 3.05) is 0 Å². The van der Waals surface area contributed by atoms with Gasteiger partial charge in [-0.05, 0) is 32.3 Å². The molecule has 104 valence electrons. The molecule has 0 heterocycles. The van der Waals surface area contributed by atoms with E-state index in [-0.39, 0.29) is 12.3 Å². The van der Waals surface area contributed by atoms with Crippen molar-refractivity contribution < 1.29 is 14.7 Å². The lowest BCUT2D eigenvalue weighted by molar-refractivity contribution is -0.141. The number of fused-ring (bicyclic) bond motifs is 1. The number of amides is 1. The summed E-state index contributed by atoms with van der Waals surface area (Å²) in [5.41, 5.74) is 0.852. The van der Waals surface area contributed by atoms with E-state index in [1.165, 1.54) is 6.92 Å². The van der Waals surface area contributed by atoms with Crippen LogP contribution in [-0.2, 0) is 16.0 Å². The summed E-state index contributed by atoms with van der Waals surface area (Å²) in [6.07, 6.45) is 0.236. The maximum Gasteiger partial charge on any atom is 0.326 e. The minimum absolute atomic E-state index is 0.236. The third kappa shape index (κ3) is 3.17. The van der Waals surface area contributed by atoms with Crippen LogP contribution in [0.2, 0.25) is 0 Å². The van der Waals surface area contributed by atoms with Crippen molar-refractivity contribution in [3.8, 4) is 0 Å². The van der Waals surface area contributed by atoms with E-state index in [2.05, 4.69) is 21.2 Å². The molecule has 0 bridgehead atoms. The Kier molecular flexibility index (Phi) is 4.39. The van der Waals surface area contributed by atoms with Crippen LogP contribution in [0.3, 0.4) is 0 Å². The Hall–Kier alpha value is -1.88. The maximum atomic E-state index is 11.2. The first-order chi connectivity index (χ1) is 9.49. The smallest absolute Gasteiger partial charge is 0.326 e. The lowest BCUT2D eigenvalue weighted by Crippen LogP contribution is -2.41. The van der Waals surface area contributed by atoms with Gasteiger partial charge >= 0.3 is 5.97 Å². The third-order valence-corrected chi connectivity index (χ3v) is 3.98. The third-order valence-electron chi connectivity index (χ3n) is 3.04. The standard InChI is InChI=1S/C15H14BrNO3/c1-9(18)17-13(15(19)20)8-11-7-6-10-4-2-3-5-12(10)14(11)16/h2-7,13H,8H2,1H3,(H,17,18)(H,19,20)/t13-/m0/s1. The number of benzene rings is 2. The number of carbonyl (C=O) groups excluding carboxylic acids is 1. The van der Waals surface area contributed by atoms with Crippen molar-refractivity contribution in [3.63, 3.8) is 0 Å². The van der Waals surface area contributed by atoms with Crippen molar-refractivity contribution in [2.24, 2.45) is 0 Å². The van der Waals surface area contributed by atoms with Gasteiger partial charge in [-0.3, -0.25) is 4.79 Å². The SMILES string of the molecule is CC(=O)N[C@@H](Cc1ccc2ccccc2c1Br)C(=O)O. The minimum atomic E-state index is -1.04. The zero-order valence-corrected chi connectivity index (χ0v) is 12.5. The van der Waals surface area contributed by atoms with Gasteiger partial charge in [-0.1, -0.05) is 36.4 Å². The predicted octanol–water partition coefficient (Wildman–Crippen LogP) is 2.73.